The zero-order valence-electron chi connectivity index (χ0n) is 12.2. The molecule has 0 heterocycles. The molecule has 1 fully saturated rings. The Labute approximate surface area is 129 Å². The van der Waals surface area contributed by atoms with Crippen LogP contribution in [0.15, 0.2) is 60.7 Å². The summed E-state index contributed by atoms with van der Waals surface area (Å²) in [5.41, 5.74) is 0. The summed E-state index contributed by atoms with van der Waals surface area (Å²) in [6.07, 6.45) is 14.3. The molecule has 0 amide bonds. The van der Waals surface area contributed by atoms with Gasteiger partial charge < -0.3 is 9.47 Å². The lowest BCUT2D eigenvalue weighted by Crippen LogP contribution is -2.23. The van der Waals surface area contributed by atoms with E-state index in [-0.39, 0.29) is 18.0 Å². The highest BCUT2D eigenvalue weighted by Gasteiger charge is 2.40. The summed E-state index contributed by atoms with van der Waals surface area (Å²) in [4.78, 5) is 12.3. The normalized spacial score (nSPS) is 28.5. The Morgan fingerprint density at radius 3 is 2.27 bits per heavy atom. The Hall–Kier alpha value is -2.29. The van der Waals surface area contributed by atoms with E-state index >= 15 is 0 Å². The zero-order valence-corrected chi connectivity index (χ0v) is 12.2. The molecule has 0 saturated heterocycles. The molecular weight excluding hydrogens is 276 g/mol. The third kappa shape index (κ3) is 2.59. The first-order valence-electron chi connectivity index (χ1n) is 7.80. The third-order valence-corrected chi connectivity index (χ3v) is 4.61. The van der Waals surface area contributed by atoms with Crippen LogP contribution in [0, 0.1) is 17.8 Å². The van der Waals surface area contributed by atoms with Gasteiger partial charge in [0.25, 0.3) is 0 Å². The Kier molecular flexibility index (Phi) is 3.34. The number of hydrogen-bond donors (Lipinski definition) is 0. The van der Waals surface area contributed by atoms with Crippen molar-refractivity contribution in [2.75, 3.05) is 0 Å². The molecular formula is C19H18O3. The van der Waals surface area contributed by atoms with Crippen LogP contribution in [0.5, 0.6) is 11.5 Å². The van der Waals surface area contributed by atoms with Crippen molar-refractivity contribution in [1.82, 2.24) is 0 Å². The van der Waals surface area contributed by atoms with E-state index in [4.69, 9.17) is 9.47 Å². The summed E-state index contributed by atoms with van der Waals surface area (Å²) in [7, 11) is 0. The Bertz CT molecular complexity index is 642. The minimum Gasteiger partial charge on any atom is -0.482 e. The molecule has 0 spiro atoms. The second kappa shape index (κ2) is 5.48. The first kappa shape index (κ1) is 13.4. The zero-order chi connectivity index (χ0) is 14.9. The Morgan fingerprint density at radius 1 is 0.909 bits per heavy atom. The second-order valence-corrected chi connectivity index (χ2v) is 6.13. The predicted octanol–water partition coefficient (Wildman–Crippen LogP) is 3.68. The first-order chi connectivity index (χ1) is 10.8. The molecule has 3 heteroatoms. The van der Waals surface area contributed by atoms with Gasteiger partial charge in [0.1, 0.15) is 17.6 Å². The van der Waals surface area contributed by atoms with Gasteiger partial charge in [0.05, 0.1) is 5.92 Å². The predicted molar refractivity (Wildman–Crippen MR) is 83.6 cm³/mol. The van der Waals surface area contributed by atoms with Crippen LogP contribution in [0.3, 0.4) is 0 Å². The number of esters is 1. The molecule has 1 aromatic carbocycles. The van der Waals surface area contributed by atoms with E-state index in [9.17, 15) is 4.79 Å². The third-order valence-electron chi connectivity index (χ3n) is 4.61. The van der Waals surface area contributed by atoms with Gasteiger partial charge in [-0.1, -0.05) is 24.3 Å². The first-order valence-corrected chi connectivity index (χ1v) is 7.80. The molecule has 0 radical (unpaired) electrons. The standard InChI is InChI=1S/C19H18O3/c20-19(18-12-13-5-6-14(18)11-13)22-17-9-7-16(8-10-17)21-15-3-1-2-4-15/h1-10,13-15,18H,11-12H2. The van der Waals surface area contributed by atoms with Gasteiger partial charge in [-0.2, -0.15) is 0 Å². The van der Waals surface area contributed by atoms with Crippen LogP contribution in [0.4, 0.5) is 0 Å². The number of fused-ring (bicyclic) bond motifs is 2. The highest BCUT2D eigenvalue weighted by molar-refractivity contribution is 5.76. The Morgan fingerprint density at radius 2 is 1.64 bits per heavy atom. The van der Waals surface area contributed by atoms with E-state index in [2.05, 4.69) is 12.2 Å². The molecule has 3 aliphatic carbocycles. The van der Waals surface area contributed by atoms with E-state index < -0.39 is 0 Å². The molecule has 22 heavy (non-hydrogen) atoms. The maximum absolute atomic E-state index is 12.3. The summed E-state index contributed by atoms with van der Waals surface area (Å²) in [5, 5.41) is 0. The van der Waals surface area contributed by atoms with Crippen molar-refractivity contribution in [3.63, 3.8) is 0 Å². The van der Waals surface area contributed by atoms with E-state index in [0.29, 0.717) is 17.6 Å². The van der Waals surface area contributed by atoms with Gasteiger partial charge in [0, 0.05) is 0 Å². The van der Waals surface area contributed by atoms with E-state index in [1.54, 1.807) is 12.1 Å². The van der Waals surface area contributed by atoms with Gasteiger partial charge in [-0.05, 0) is 61.1 Å². The van der Waals surface area contributed by atoms with E-state index in [0.717, 1.165) is 18.6 Å². The molecule has 2 bridgehead atoms. The molecule has 0 aromatic heterocycles. The quantitative estimate of drug-likeness (QED) is 0.483. The lowest BCUT2D eigenvalue weighted by Gasteiger charge is -2.16. The highest BCUT2D eigenvalue weighted by atomic mass is 16.5. The molecule has 1 aromatic rings. The van der Waals surface area contributed by atoms with Crippen LogP contribution >= 0.6 is 0 Å². The minimum absolute atomic E-state index is 0.00535. The maximum atomic E-state index is 12.3. The van der Waals surface area contributed by atoms with Gasteiger partial charge in [0.15, 0.2) is 0 Å². The summed E-state index contributed by atoms with van der Waals surface area (Å²) in [6, 6.07) is 7.25. The molecule has 0 N–H and O–H groups in total. The SMILES string of the molecule is O=C(Oc1ccc(OC2C=CC=C2)cc1)C1CC2C=CC1C2. The number of ether oxygens (including phenoxy) is 2. The van der Waals surface area contributed by atoms with Crippen LogP contribution in [-0.4, -0.2) is 12.1 Å². The van der Waals surface area contributed by atoms with Crippen molar-refractivity contribution in [2.45, 2.75) is 18.9 Å². The molecule has 3 unspecified atom stereocenters. The van der Waals surface area contributed by atoms with Gasteiger partial charge in [0.2, 0.25) is 0 Å². The number of hydrogen-bond acceptors (Lipinski definition) is 3. The monoisotopic (exact) mass is 294 g/mol. The molecule has 1 saturated carbocycles. The molecule has 112 valence electrons. The van der Waals surface area contributed by atoms with Gasteiger partial charge in [-0.15, -0.1) is 0 Å². The maximum Gasteiger partial charge on any atom is 0.314 e. The summed E-state index contributed by atoms with van der Waals surface area (Å²) < 4.78 is 11.3. The van der Waals surface area contributed by atoms with Crippen molar-refractivity contribution in [1.29, 1.82) is 0 Å². The molecule has 3 nitrogen and oxygen atoms in total. The molecule has 3 atom stereocenters. The fourth-order valence-electron chi connectivity index (χ4n) is 3.48. The van der Waals surface area contributed by atoms with Crippen LogP contribution < -0.4 is 9.47 Å². The molecule has 3 aliphatic rings. The Balaban J connectivity index is 1.36. The lowest BCUT2D eigenvalue weighted by atomic mass is 9.94. The number of benzene rings is 1. The summed E-state index contributed by atoms with van der Waals surface area (Å²) >= 11 is 0. The fourth-order valence-corrected chi connectivity index (χ4v) is 3.48. The van der Waals surface area contributed by atoms with Crippen LogP contribution in [0.2, 0.25) is 0 Å². The van der Waals surface area contributed by atoms with Crippen LogP contribution in [-0.2, 0) is 4.79 Å². The lowest BCUT2D eigenvalue weighted by molar-refractivity contribution is -0.139. The summed E-state index contributed by atoms with van der Waals surface area (Å²) in [6.45, 7) is 0. The van der Waals surface area contributed by atoms with Crippen LogP contribution in [0.1, 0.15) is 12.8 Å². The van der Waals surface area contributed by atoms with Crippen molar-refractivity contribution >= 4 is 5.97 Å². The number of carbonyl (C=O) groups excluding carboxylic acids is 1. The largest absolute Gasteiger partial charge is 0.482 e. The number of allylic oxidation sites excluding steroid dienone is 4. The topological polar surface area (TPSA) is 35.5 Å². The van der Waals surface area contributed by atoms with Gasteiger partial charge in [-0.3, -0.25) is 4.79 Å². The highest BCUT2D eigenvalue weighted by Crippen LogP contribution is 2.44. The smallest absolute Gasteiger partial charge is 0.314 e. The average Bonchev–Trinajstić information content (AvgIpc) is 3.26. The second-order valence-electron chi connectivity index (χ2n) is 6.13. The number of rotatable bonds is 4. The van der Waals surface area contributed by atoms with Crippen molar-refractivity contribution < 1.29 is 14.3 Å². The van der Waals surface area contributed by atoms with Crippen LogP contribution in [0.25, 0.3) is 0 Å². The minimum atomic E-state index is -0.104. The number of carbonyl (C=O) groups is 1. The average molecular weight is 294 g/mol. The van der Waals surface area contributed by atoms with Gasteiger partial charge in [-0.25, -0.2) is 0 Å². The van der Waals surface area contributed by atoms with Gasteiger partial charge >= 0.3 is 5.97 Å². The van der Waals surface area contributed by atoms with Crippen molar-refractivity contribution in [3.05, 3.63) is 60.7 Å². The van der Waals surface area contributed by atoms with E-state index in [1.165, 1.54) is 0 Å². The van der Waals surface area contributed by atoms with Crippen molar-refractivity contribution in [3.8, 4) is 11.5 Å². The van der Waals surface area contributed by atoms with E-state index in [1.807, 2.05) is 36.4 Å². The molecule has 0 aliphatic heterocycles. The molecule has 4 rings (SSSR count). The summed E-state index contributed by atoms with van der Waals surface area (Å²) in [5.74, 6) is 2.23. The van der Waals surface area contributed by atoms with Crippen molar-refractivity contribution in [2.24, 2.45) is 17.8 Å². The fraction of sp³-hybridized carbons (Fsp3) is 0.316.